The number of fused-ring (bicyclic) bond motifs is 1. The number of ether oxygens (including phenoxy) is 1. The Labute approximate surface area is 147 Å². The molecule has 0 saturated heterocycles. The molecule has 0 saturated carbocycles. The molecule has 1 aromatic carbocycles. The third-order valence-corrected chi connectivity index (χ3v) is 3.71. The fourth-order valence-corrected chi connectivity index (χ4v) is 2.56. The van der Waals surface area contributed by atoms with Gasteiger partial charge in [0.1, 0.15) is 18.2 Å². The van der Waals surface area contributed by atoms with E-state index in [9.17, 15) is 4.39 Å². The number of halogens is 1. The minimum atomic E-state index is -0.337. The lowest BCUT2D eigenvalue weighted by atomic mass is 10.1. The van der Waals surface area contributed by atoms with Gasteiger partial charge >= 0.3 is 0 Å². The molecule has 132 valence electrons. The molecule has 0 fully saturated rings. The lowest BCUT2D eigenvalue weighted by molar-refractivity contribution is 0.174. The number of methoxy groups -OCH3 is 1. The Morgan fingerprint density at radius 3 is 2.96 bits per heavy atom. The fourth-order valence-electron chi connectivity index (χ4n) is 2.56. The van der Waals surface area contributed by atoms with Crippen LogP contribution in [-0.2, 0) is 17.9 Å². The third kappa shape index (κ3) is 3.11. The van der Waals surface area contributed by atoms with Crippen molar-refractivity contribution in [1.82, 2.24) is 24.7 Å². The van der Waals surface area contributed by atoms with Gasteiger partial charge in [-0.2, -0.15) is 14.6 Å². The van der Waals surface area contributed by atoms with Crippen LogP contribution >= 0.6 is 0 Å². The smallest absolute Gasteiger partial charge is 0.246 e. The molecule has 0 bridgehead atoms. The van der Waals surface area contributed by atoms with Crippen LogP contribution in [0.4, 0.5) is 10.2 Å². The number of anilines is 1. The molecular weight excluding hydrogens is 339 g/mol. The molecule has 26 heavy (non-hydrogen) atoms. The molecule has 4 rings (SSSR count). The van der Waals surface area contributed by atoms with Crippen LogP contribution in [0, 0.1) is 5.82 Å². The van der Waals surface area contributed by atoms with Crippen LogP contribution in [0.1, 0.15) is 11.7 Å². The Balaban J connectivity index is 1.65. The molecule has 0 radical (unpaired) electrons. The van der Waals surface area contributed by atoms with E-state index in [2.05, 4.69) is 25.5 Å². The van der Waals surface area contributed by atoms with Crippen molar-refractivity contribution in [3.05, 3.63) is 60.1 Å². The summed E-state index contributed by atoms with van der Waals surface area (Å²) in [5.74, 6) is 1.16. The molecule has 0 atom stereocenters. The van der Waals surface area contributed by atoms with Crippen LogP contribution in [-0.4, -0.2) is 31.8 Å². The average molecular weight is 354 g/mol. The molecule has 3 aromatic heterocycles. The van der Waals surface area contributed by atoms with E-state index in [0.29, 0.717) is 34.4 Å². The molecule has 1 N–H and O–H groups in total. The summed E-state index contributed by atoms with van der Waals surface area (Å²) >= 11 is 0. The summed E-state index contributed by atoms with van der Waals surface area (Å²) in [6.45, 7) is 0.561. The maximum atomic E-state index is 14.1. The number of hydrogen-bond donors (Lipinski definition) is 1. The predicted molar refractivity (Wildman–Crippen MR) is 90.7 cm³/mol. The first kappa shape index (κ1) is 16.2. The van der Waals surface area contributed by atoms with Gasteiger partial charge in [0.05, 0.1) is 18.4 Å². The molecule has 0 unspecified atom stereocenters. The molecule has 9 heteroatoms. The Hall–Kier alpha value is -3.33. The molecule has 0 aliphatic carbocycles. The van der Waals surface area contributed by atoms with E-state index in [1.807, 2.05) is 0 Å². The first-order valence-corrected chi connectivity index (χ1v) is 7.88. The minimum absolute atomic E-state index is 0.277. The summed E-state index contributed by atoms with van der Waals surface area (Å²) in [6, 6.07) is 9.97. The van der Waals surface area contributed by atoms with Crippen molar-refractivity contribution in [2.24, 2.45) is 0 Å². The molecule has 0 aliphatic rings. The highest BCUT2D eigenvalue weighted by molar-refractivity contribution is 5.66. The van der Waals surface area contributed by atoms with Crippen molar-refractivity contribution < 1.29 is 13.7 Å². The maximum Gasteiger partial charge on any atom is 0.246 e. The number of benzene rings is 1. The van der Waals surface area contributed by atoms with Gasteiger partial charge in [-0.3, -0.25) is 0 Å². The van der Waals surface area contributed by atoms with Gasteiger partial charge in [0.15, 0.2) is 11.5 Å². The predicted octanol–water partition coefficient (Wildman–Crippen LogP) is 2.68. The van der Waals surface area contributed by atoms with E-state index in [0.717, 1.165) is 0 Å². The monoisotopic (exact) mass is 354 g/mol. The molecule has 0 spiro atoms. The standard InChI is InChI=1S/C17H15FN6O2/c1-25-10-14-22-17(26-23-14)9-19-16-8-13(11-4-2-3-5-12(11)18)21-15-6-7-20-24(15)16/h2-8,19H,9-10H2,1H3. The normalized spacial score (nSPS) is 11.2. The highest BCUT2D eigenvalue weighted by Gasteiger charge is 2.12. The average Bonchev–Trinajstić information content (AvgIpc) is 3.29. The van der Waals surface area contributed by atoms with Crippen molar-refractivity contribution in [2.45, 2.75) is 13.2 Å². The molecule has 0 aliphatic heterocycles. The SMILES string of the molecule is COCc1noc(CNc2cc(-c3ccccc3F)nc3ccnn23)n1. The zero-order valence-corrected chi connectivity index (χ0v) is 13.9. The van der Waals surface area contributed by atoms with E-state index >= 15 is 0 Å². The molecule has 4 aromatic rings. The van der Waals surface area contributed by atoms with Gasteiger partial charge in [0.2, 0.25) is 5.89 Å². The summed E-state index contributed by atoms with van der Waals surface area (Å²) in [6.07, 6.45) is 1.63. The van der Waals surface area contributed by atoms with Crippen molar-refractivity contribution >= 4 is 11.5 Å². The van der Waals surface area contributed by atoms with E-state index in [1.54, 1.807) is 48.2 Å². The zero-order chi connectivity index (χ0) is 17.9. The van der Waals surface area contributed by atoms with E-state index in [4.69, 9.17) is 9.26 Å². The lowest BCUT2D eigenvalue weighted by Gasteiger charge is -2.09. The molecular formula is C17H15FN6O2. The first-order chi connectivity index (χ1) is 12.7. The number of aromatic nitrogens is 5. The maximum absolute atomic E-state index is 14.1. The lowest BCUT2D eigenvalue weighted by Crippen LogP contribution is -2.07. The van der Waals surface area contributed by atoms with Crippen molar-refractivity contribution in [1.29, 1.82) is 0 Å². The van der Waals surface area contributed by atoms with Gasteiger partial charge in [-0.15, -0.1) is 0 Å². The Morgan fingerprint density at radius 2 is 2.12 bits per heavy atom. The summed E-state index contributed by atoms with van der Waals surface area (Å²) in [7, 11) is 1.56. The van der Waals surface area contributed by atoms with Crippen molar-refractivity contribution in [3.8, 4) is 11.3 Å². The zero-order valence-electron chi connectivity index (χ0n) is 13.9. The van der Waals surface area contributed by atoms with E-state index in [1.165, 1.54) is 6.07 Å². The topological polar surface area (TPSA) is 90.4 Å². The minimum Gasteiger partial charge on any atom is -0.377 e. The molecule has 8 nitrogen and oxygen atoms in total. The van der Waals surface area contributed by atoms with Gasteiger partial charge < -0.3 is 14.6 Å². The second-order valence-corrected chi connectivity index (χ2v) is 5.50. The van der Waals surface area contributed by atoms with Gasteiger partial charge in [-0.05, 0) is 12.1 Å². The van der Waals surface area contributed by atoms with Crippen LogP contribution in [0.3, 0.4) is 0 Å². The highest BCUT2D eigenvalue weighted by atomic mass is 19.1. The second kappa shape index (κ2) is 6.89. The van der Waals surface area contributed by atoms with E-state index < -0.39 is 0 Å². The van der Waals surface area contributed by atoms with Gasteiger partial charge in [0.25, 0.3) is 0 Å². The van der Waals surface area contributed by atoms with Crippen LogP contribution in [0.2, 0.25) is 0 Å². The fraction of sp³-hybridized carbons (Fsp3) is 0.176. The van der Waals surface area contributed by atoms with Crippen LogP contribution < -0.4 is 5.32 Å². The first-order valence-electron chi connectivity index (χ1n) is 7.88. The number of nitrogens with one attached hydrogen (secondary N) is 1. The number of nitrogens with zero attached hydrogens (tertiary/aromatic N) is 5. The van der Waals surface area contributed by atoms with Crippen molar-refractivity contribution in [3.63, 3.8) is 0 Å². The summed E-state index contributed by atoms with van der Waals surface area (Å²) in [4.78, 5) is 8.67. The van der Waals surface area contributed by atoms with Gasteiger partial charge in [0, 0.05) is 24.8 Å². The number of hydrogen-bond acceptors (Lipinski definition) is 7. The third-order valence-electron chi connectivity index (χ3n) is 3.71. The van der Waals surface area contributed by atoms with Crippen LogP contribution in [0.15, 0.2) is 47.1 Å². The van der Waals surface area contributed by atoms with Crippen molar-refractivity contribution in [2.75, 3.05) is 12.4 Å². The molecule has 0 amide bonds. The van der Waals surface area contributed by atoms with Crippen LogP contribution in [0.25, 0.3) is 16.9 Å². The Bertz CT molecular complexity index is 1040. The quantitative estimate of drug-likeness (QED) is 0.569. The summed E-state index contributed by atoms with van der Waals surface area (Å²) in [5, 5.41) is 11.2. The second-order valence-electron chi connectivity index (χ2n) is 5.50. The Kier molecular flexibility index (Phi) is 4.28. The van der Waals surface area contributed by atoms with Gasteiger partial charge in [-0.25, -0.2) is 9.37 Å². The number of rotatable bonds is 6. The highest BCUT2D eigenvalue weighted by Crippen LogP contribution is 2.24. The van der Waals surface area contributed by atoms with Crippen LogP contribution in [0.5, 0.6) is 0 Å². The summed E-state index contributed by atoms with van der Waals surface area (Å²) < 4.78 is 25.9. The largest absolute Gasteiger partial charge is 0.377 e. The van der Waals surface area contributed by atoms with E-state index in [-0.39, 0.29) is 19.0 Å². The molecule has 3 heterocycles. The summed E-state index contributed by atoms with van der Waals surface area (Å²) in [5.41, 5.74) is 1.52. The Morgan fingerprint density at radius 1 is 1.23 bits per heavy atom. The van der Waals surface area contributed by atoms with Gasteiger partial charge in [-0.1, -0.05) is 17.3 Å².